The summed E-state index contributed by atoms with van der Waals surface area (Å²) in [7, 11) is 0. The van der Waals surface area contributed by atoms with Gasteiger partial charge in [0.05, 0.1) is 22.3 Å². The highest BCUT2D eigenvalue weighted by Crippen LogP contribution is 2.46. The van der Waals surface area contributed by atoms with Crippen molar-refractivity contribution >= 4 is 22.6 Å². The normalized spacial score (nSPS) is 12.7. The summed E-state index contributed by atoms with van der Waals surface area (Å²) in [5, 5.41) is 0. The second-order valence-corrected chi connectivity index (χ2v) is 16.5. The maximum Gasteiger partial charge on any atom is 0.416 e. The molecule has 0 amide bonds. The number of nitrogens with one attached hydrogen (secondary N) is 2. The summed E-state index contributed by atoms with van der Waals surface area (Å²) in [6, 6.07) is 29.2. The number of nitrogens with zero attached hydrogens (tertiary/aromatic N) is 6. The lowest BCUT2D eigenvalue weighted by atomic mass is 9.95. The van der Waals surface area contributed by atoms with Gasteiger partial charge in [-0.2, -0.15) is 52.7 Å². The molecular formula is C52H26F12N8. The summed E-state index contributed by atoms with van der Waals surface area (Å²) in [5.74, 6) is -0.491. The minimum atomic E-state index is -4.86. The molecule has 0 saturated heterocycles. The van der Waals surface area contributed by atoms with E-state index in [0.717, 1.165) is 72.8 Å². The minimum absolute atomic E-state index is 0.110. The minimum Gasteiger partial charge on any atom is -0.324 e. The molecule has 11 rings (SSSR count). The highest BCUT2D eigenvalue weighted by molar-refractivity contribution is 6.03. The van der Waals surface area contributed by atoms with E-state index in [1.165, 1.54) is 24.3 Å². The van der Waals surface area contributed by atoms with E-state index in [-0.39, 0.29) is 113 Å². The van der Waals surface area contributed by atoms with Crippen LogP contribution >= 0.6 is 0 Å². The maximum absolute atomic E-state index is 14.4. The molecule has 0 saturated carbocycles. The third-order valence-electron chi connectivity index (χ3n) is 11.9. The Morgan fingerprint density at radius 3 is 0.694 bits per heavy atom. The van der Waals surface area contributed by atoms with Crippen molar-refractivity contribution in [1.82, 2.24) is 39.9 Å². The van der Waals surface area contributed by atoms with E-state index in [1.807, 2.05) is 0 Å². The van der Waals surface area contributed by atoms with Crippen LogP contribution < -0.4 is 0 Å². The van der Waals surface area contributed by atoms with E-state index >= 15 is 0 Å². The summed E-state index contributed by atoms with van der Waals surface area (Å²) in [5.41, 5.74) is -4.99. The van der Waals surface area contributed by atoms with Gasteiger partial charge in [-0.1, -0.05) is 97.1 Å². The van der Waals surface area contributed by atoms with Crippen molar-refractivity contribution in [2.24, 2.45) is 0 Å². The Bertz CT molecular complexity index is 3360. The lowest BCUT2D eigenvalue weighted by Crippen LogP contribution is -2.05. The highest BCUT2D eigenvalue weighted by Gasteiger charge is 2.36. The molecule has 72 heavy (non-hydrogen) atoms. The van der Waals surface area contributed by atoms with Crippen LogP contribution in [0, 0.1) is 0 Å². The standard InChI is InChI=1S/C52H26F12N8/c53-49(54,55)29-13-5-9-25(21-29)37-38(26-10-6-14-30(22-26)50(56,57)58)47-69-43-35-19-3-4-20-36(35)44(66-43)70-48-40(28-12-8-16-32(24-28)52(62,63)64)39(27-11-7-15-31(23-27)51(59,60)61)46(72-48)68-42-34-18-2-1-17-33(34)41(65-42)67-45(37)71-47/h1-24H,(H2,65,66,67,68,69,70,71,72). The first kappa shape index (κ1) is 45.7. The van der Waals surface area contributed by atoms with Gasteiger partial charge in [-0.3, -0.25) is 0 Å². The fourth-order valence-corrected chi connectivity index (χ4v) is 8.76. The molecule has 2 aliphatic rings. The van der Waals surface area contributed by atoms with Gasteiger partial charge in [-0.15, -0.1) is 0 Å². The van der Waals surface area contributed by atoms with Gasteiger partial charge in [0.25, 0.3) is 0 Å². The monoisotopic (exact) mass is 990 g/mol. The van der Waals surface area contributed by atoms with E-state index in [2.05, 4.69) is 9.97 Å². The fourth-order valence-electron chi connectivity index (χ4n) is 8.76. The SMILES string of the molecule is FC(F)(F)c1cccc(-c2c(-c3cccc(C(F)(F)F)c3)c3nc4nc(nc5[nH]c(nc6nc(nc2[nH]3)-c2ccccc2-6)c(-c2cccc(C(F)(F)F)c2)c5-c2cccc(C(F)(F)F)c2)-c2ccccc2-4)c1. The third kappa shape index (κ3) is 8.16. The van der Waals surface area contributed by atoms with Crippen molar-refractivity contribution in [3.8, 4) is 90.1 Å². The zero-order valence-corrected chi connectivity index (χ0v) is 36.1. The van der Waals surface area contributed by atoms with Crippen LogP contribution in [-0.4, -0.2) is 39.9 Å². The molecule has 0 atom stereocenters. The predicted molar refractivity (Wildman–Crippen MR) is 243 cm³/mol. The van der Waals surface area contributed by atoms with Gasteiger partial charge in [0.2, 0.25) is 0 Å². The van der Waals surface area contributed by atoms with Crippen molar-refractivity contribution in [2.75, 3.05) is 0 Å². The van der Waals surface area contributed by atoms with Crippen LogP contribution in [0.1, 0.15) is 22.3 Å². The first-order valence-electron chi connectivity index (χ1n) is 21.4. The summed E-state index contributed by atoms with van der Waals surface area (Å²) in [6.45, 7) is 0. The molecule has 2 N–H and O–H groups in total. The third-order valence-corrected chi connectivity index (χ3v) is 11.9. The van der Waals surface area contributed by atoms with Gasteiger partial charge in [0.1, 0.15) is 22.6 Å². The van der Waals surface area contributed by atoms with Gasteiger partial charge in [0, 0.05) is 44.5 Å². The average molecular weight is 991 g/mol. The largest absolute Gasteiger partial charge is 0.416 e. The zero-order valence-electron chi connectivity index (χ0n) is 36.1. The molecule has 6 aromatic carbocycles. The van der Waals surface area contributed by atoms with Gasteiger partial charge in [-0.25, -0.2) is 29.9 Å². The molecule has 9 aromatic rings. The van der Waals surface area contributed by atoms with E-state index in [1.54, 1.807) is 48.5 Å². The van der Waals surface area contributed by atoms with Crippen LogP contribution in [-0.2, 0) is 24.7 Å². The van der Waals surface area contributed by atoms with Gasteiger partial charge in [-0.05, 0) is 70.8 Å². The molecule has 0 spiro atoms. The number of alkyl halides is 12. The molecule has 8 bridgehead atoms. The smallest absolute Gasteiger partial charge is 0.324 e. The van der Waals surface area contributed by atoms with Crippen molar-refractivity contribution in [3.63, 3.8) is 0 Å². The molecule has 0 radical (unpaired) electrons. The number of hydrogen-bond acceptors (Lipinski definition) is 6. The lowest BCUT2D eigenvalue weighted by Gasteiger charge is -2.12. The molecule has 20 heteroatoms. The van der Waals surface area contributed by atoms with Gasteiger partial charge < -0.3 is 9.97 Å². The maximum atomic E-state index is 14.4. The highest BCUT2D eigenvalue weighted by atomic mass is 19.4. The Kier molecular flexibility index (Phi) is 10.5. The summed E-state index contributed by atoms with van der Waals surface area (Å²) >= 11 is 0. The van der Waals surface area contributed by atoms with Crippen LogP contribution in [0.15, 0.2) is 146 Å². The zero-order chi connectivity index (χ0) is 50.5. The molecule has 2 aliphatic heterocycles. The molecule has 0 fully saturated rings. The Hall–Kier alpha value is -8.68. The number of fused-ring (bicyclic) bond motifs is 14. The van der Waals surface area contributed by atoms with Crippen LogP contribution in [0.2, 0.25) is 0 Å². The van der Waals surface area contributed by atoms with Gasteiger partial charge >= 0.3 is 24.7 Å². The first-order chi connectivity index (χ1) is 34.2. The van der Waals surface area contributed by atoms with Crippen molar-refractivity contribution in [1.29, 1.82) is 0 Å². The number of benzene rings is 6. The molecule has 3 aromatic heterocycles. The number of aromatic nitrogens is 8. The lowest BCUT2D eigenvalue weighted by molar-refractivity contribution is -0.138. The number of rotatable bonds is 4. The second kappa shape index (κ2) is 16.5. The molecule has 5 heterocycles. The molecule has 8 nitrogen and oxygen atoms in total. The van der Waals surface area contributed by atoms with Crippen LogP contribution in [0.3, 0.4) is 0 Å². The molecular weight excluding hydrogens is 965 g/mol. The molecule has 0 unspecified atom stereocenters. The van der Waals surface area contributed by atoms with Crippen molar-refractivity contribution < 1.29 is 52.7 Å². The van der Waals surface area contributed by atoms with E-state index in [4.69, 9.17) is 29.9 Å². The summed E-state index contributed by atoms with van der Waals surface area (Å²) in [4.78, 5) is 34.9. The summed E-state index contributed by atoms with van der Waals surface area (Å²) < 4.78 is 173. The quantitative estimate of drug-likeness (QED) is 0.170. The fraction of sp³-hybridized carbons (Fsp3) is 0.0769. The van der Waals surface area contributed by atoms with Crippen molar-refractivity contribution in [2.45, 2.75) is 24.7 Å². The number of halogens is 12. The Labute approximate surface area is 396 Å². The van der Waals surface area contributed by atoms with Crippen molar-refractivity contribution in [3.05, 3.63) is 168 Å². The predicted octanol–water partition coefficient (Wildman–Crippen LogP) is 15.3. The van der Waals surface area contributed by atoms with Crippen LogP contribution in [0.25, 0.3) is 113 Å². The molecule has 358 valence electrons. The Balaban J connectivity index is 1.35. The summed E-state index contributed by atoms with van der Waals surface area (Å²) in [6.07, 6.45) is -19.4. The van der Waals surface area contributed by atoms with Crippen LogP contribution in [0.4, 0.5) is 52.7 Å². The van der Waals surface area contributed by atoms with E-state index < -0.39 is 47.0 Å². The van der Waals surface area contributed by atoms with E-state index in [0.29, 0.717) is 0 Å². The first-order valence-corrected chi connectivity index (χ1v) is 21.4. The van der Waals surface area contributed by atoms with Gasteiger partial charge in [0.15, 0.2) is 23.3 Å². The molecule has 0 aliphatic carbocycles. The number of hydrogen-bond donors (Lipinski definition) is 2. The van der Waals surface area contributed by atoms with E-state index in [9.17, 15) is 52.7 Å². The second-order valence-electron chi connectivity index (χ2n) is 16.5. The topological polar surface area (TPSA) is 109 Å². The Morgan fingerprint density at radius 2 is 0.486 bits per heavy atom. The Morgan fingerprint density at radius 1 is 0.264 bits per heavy atom. The number of H-pyrrole nitrogens is 2. The average Bonchev–Trinajstić information content (AvgIpc) is 4.09. The number of aromatic amines is 2. The van der Waals surface area contributed by atoms with Crippen LogP contribution in [0.5, 0.6) is 0 Å².